The van der Waals surface area contributed by atoms with Crippen molar-refractivity contribution < 1.29 is 24.2 Å². The van der Waals surface area contributed by atoms with Crippen molar-refractivity contribution >= 4 is 11.9 Å². The van der Waals surface area contributed by atoms with E-state index in [1.54, 1.807) is 0 Å². The summed E-state index contributed by atoms with van der Waals surface area (Å²) in [6, 6.07) is 0. The van der Waals surface area contributed by atoms with Crippen LogP contribution in [0.1, 0.15) is 271 Å². The van der Waals surface area contributed by atoms with E-state index in [-0.39, 0.29) is 25.2 Å². The molecule has 0 aliphatic rings. The van der Waals surface area contributed by atoms with Crippen molar-refractivity contribution in [3.63, 3.8) is 0 Å². The van der Waals surface area contributed by atoms with Crippen molar-refractivity contribution in [2.45, 2.75) is 277 Å². The van der Waals surface area contributed by atoms with Crippen molar-refractivity contribution in [3.05, 3.63) is 122 Å². The summed E-state index contributed by atoms with van der Waals surface area (Å²) < 4.78 is 10.7. The highest BCUT2D eigenvalue weighted by atomic mass is 16.6. The number of esters is 2. The quantitative estimate of drug-likeness (QED) is 0.0373. The van der Waals surface area contributed by atoms with Gasteiger partial charge < -0.3 is 14.6 Å². The van der Waals surface area contributed by atoms with Crippen LogP contribution in [0.15, 0.2) is 122 Å². The molecule has 0 radical (unpaired) electrons. The number of carbonyl (C=O) groups is 2. The van der Waals surface area contributed by atoms with Gasteiger partial charge in [-0.3, -0.25) is 9.59 Å². The summed E-state index contributed by atoms with van der Waals surface area (Å²) in [7, 11) is 0. The molecule has 0 aromatic heterocycles. The Hall–Kier alpha value is -3.70. The monoisotopic (exact) mass is 997 g/mol. The van der Waals surface area contributed by atoms with E-state index in [9.17, 15) is 14.7 Å². The Morgan fingerprint density at radius 2 is 0.597 bits per heavy atom. The highest BCUT2D eigenvalue weighted by Crippen LogP contribution is 2.16. The molecular formula is C67H112O5. The van der Waals surface area contributed by atoms with Crippen molar-refractivity contribution in [2.24, 2.45) is 0 Å². The van der Waals surface area contributed by atoms with E-state index in [4.69, 9.17) is 9.47 Å². The van der Waals surface area contributed by atoms with Crippen LogP contribution in [-0.2, 0) is 19.1 Å². The Morgan fingerprint density at radius 1 is 0.333 bits per heavy atom. The summed E-state index contributed by atoms with van der Waals surface area (Å²) >= 11 is 0. The molecular weight excluding hydrogens is 885 g/mol. The number of ether oxygens (including phenoxy) is 2. The van der Waals surface area contributed by atoms with Gasteiger partial charge in [0.15, 0.2) is 6.10 Å². The zero-order valence-corrected chi connectivity index (χ0v) is 46.9. The Kier molecular flexibility index (Phi) is 58.4. The SMILES string of the molecule is CC/C=C\C/C=C\C/C=C\C/C=C\C/C=C\C/C=C\C/C=C\C/C=C\CCCCCCCCCCCCCCCCC(=O)OC(CO)COC(=O)CCCCCCCCCCC/C=C\C/C=C\CCCCC. The Bertz CT molecular complexity index is 1450. The van der Waals surface area contributed by atoms with Crippen LogP contribution >= 0.6 is 0 Å². The van der Waals surface area contributed by atoms with Crippen LogP contribution in [0.3, 0.4) is 0 Å². The van der Waals surface area contributed by atoms with Gasteiger partial charge in [0, 0.05) is 12.8 Å². The molecule has 5 nitrogen and oxygen atoms in total. The maximum Gasteiger partial charge on any atom is 0.306 e. The smallest absolute Gasteiger partial charge is 0.306 e. The Labute approximate surface area is 445 Å². The molecule has 410 valence electrons. The number of aliphatic hydroxyl groups is 1. The molecule has 0 heterocycles. The molecule has 1 unspecified atom stereocenters. The number of allylic oxidation sites excluding steroid dienone is 20. The fraction of sp³-hybridized carbons (Fsp3) is 0.672. The van der Waals surface area contributed by atoms with Gasteiger partial charge in [0.2, 0.25) is 0 Å². The van der Waals surface area contributed by atoms with Crippen LogP contribution in [0.4, 0.5) is 0 Å². The first-order valence-electron chi connectivity index (χ1n) is 30.1. The molecule has 5 heteroatoms. The second kappa shape index (κ2) is 61.6. The number of unbranched alkanes of at least 4 members (excludes halogenated alkanes) is 26. The highest BCUT2D eigenvalue weighted by Gasteiger charge is 2.16. The molecule has 0 bridgehead atoms. The predicted octanol–water partition coefficient (Wildman–Crippen LogP) is 20.6. The molecule has 0 aliphatic heterocycles. The molecule has 0 aromatic carbocycles. The van der Waals surface area contributed by atoms with Gasteiger partial charge in [-0.1, -0.05) is 270 Å². The van der Waals surface area contributed by atoms with Crippen molar-refractivity contribution in [3.8, 4) is 0 Å². The maximum atomic E-state index is 12.3. The van der Waals surface area contributed by atoms with Gasteiger partial charge in [-0.05, 0) is 109 Å². The van der Waals surface area contributed by atoms with E-state index in [1.165, 1.54) is 148 Å². The average molecular weight is 998 g/mol. The number of hydrogen-bond acceptors (Lipinski definition) is 5. The minimum atomic E-state index is -0.781. The minimum absolute atomic E-state index is 0.0718. The van der Waals surface area contributed by atoms with Crippen molar-refractivity contribution in [1.29, 1.82) is 0 Å². The number of hydrogen-bond donors (Lipinski definition) is 1. The summed E-state index contributed by atoms with van der Waals surface area (Å²) in [5.41, 5.74) is 0. The molecule has 1 N–H and O–H groups in total. The second-order valence-electron chi connectivity index (χ2n) is 19.7. The highest BCUT2D eigenvalue weighted by molar-refractivity contribution is 5.70. The lowest BCUT2D eigenvalue weighted by molar-refractivity contribution is -0.161. The summed E-state index contributed by atoms with van der Waals surface area (Å²) in [6.07, 6.45) is 90.4. The van der Waals surface area contributed by atoms with Gasteiger partial charge in [0.25, 0.3) is 0 Å². The van der Waals surface area contributed by atoms with Gasteiger partial charge in [-0.15, -0.1) is 0 Å². The number of aliphatic hydroxyl groups excluding tert-OH is 1. The van der Waals surface area contributed by atoms with E-state index in [1.807, 2.05) is 0 Å². The van der Waals surface area contributed by atoms with Crippen LogP contribution in [-0.4, -0.2) is 36.4 Å². The normalized spacial score (nSPS) is 13.1. The summed E-state index contributed by atoms with van der Waals surface area (Å²) in [4.78, 5) is 24.5. The first-order valence-corrected chi connectivity index (χ1v) is 30.1. The third kappa shape index (κ3) is 58.9. The molecule has 0 saturated heterocycles. The topological polar surface area (TPSA) is 72.8 Å². The first kappa shape index (κ1) is 68.3. The molecule has 0 rings (SSSR count). The van der Waals surface area contributed by atoms with E-state index in [0.717, 1.165) is 96.3 Å². The molecule has 0 amide bonds. The summed E-state index contributed by atoms with van der Waals surface area (Å²) in [5.74, 6) is -0.595. The number of carbonyl (C=O) groups excluding carboxylic acids is 2. The lowest BCUT2D eigenvalue weighted by Gasteiger charge is -2.15. The minimum Gasteiger partial charge on any atom is -0.462 e. The van der Waals surface area contributed by atoms with Crippen LogP contribution in [0.5, 0.6) is 0 Å². The van der Waals surface area contributed by atoms with E-state index >= 15 is 0 Å². The lowest BCUT2D eigenvalue weighted by atomic mass is 10.0. The van der Waals surface area contributed by atoms with E-state index < -0.39 is 6.10 Å². The first-order chi connectivity index (χ1) is 35.6. The average Bonchev–Trinajstić information content (AvgIpc) is 3.38. The molecule has 0 spiro atoms. The van der Waals surface area contributed by atoms with Crippen LogP contribution in [0, 0.1) is 0 Å². The largest absolute Gasteiger partial charge is 0.462 e. The molecule has 0 saturated carbocycles. The fourth-order valence-electron chi connectivity index (χ4n) is 8.25. The van der Waals surface area contributed by atoms with E-state index in [2.05, 4.69) is 135 Å². The number of rotatable bonds is 54. The molecule has 1 atom stereocenters. The second-order valence-corrected chi connectivity index (χ2v) is 19.7. The van der Waals surface area contributed by atoms with Gasteiger partial charge in [0.05, 0.1) is 6.61 Å². The Morgan fingerprint density at radius 3 is 0.903 bits per heavy atom. The van der Waals surface area contributed by atoms with Crippen LogP contribution in [0.25, 0.3) is 0 Å². The summed E-state index contributed by atoms with van der Waals surface area (Å²) in [6.45, 7) is 4.01. The lowest BCUT2D eigenvalue weighted by Crippen LogP contribution is -2.28. The van der Waals surface area contributed by atoms with E-state index in [0.29, 0.717) is 12.8 Å². The maximum absolute atomic E-state index is 12.3. The third-order valence-electron chi connectivity index (χ3n) is 12.7. The van der Waals surface area contributed by atoms with Crippen molar-refractivity contribution in [2.75, 3.05) is 13.2 Å². The molecule has 0 aromatic rings. The van der Waals surface area contributed by atoms with Gasteiger partial charge in [0.1, 0.15) is 6.61 Å². The summed E-state index contributed by atoms with van der Waals surface area (Å²) in [5, 5.41) is 9.66. The molecule has 72 heavy (non-hydrogen) atoms. The van der Waals surface area contributed by atoms with Gasteiger partial charge >= 0.3 is 11.9 Å². The third-order valence-corrected chi connectivity index (χ3v) is 12.7. The standard InChI is InChI=1S/C67H112O5/c1-3-5-7-9-11-13-15-17-19-21-23-24-25-26-27-28-29-30-31-32-33-34-35-36-37-38-39-40-41-42-44-46-48-50-52-54-56-58-60-62-67(70)72-65(63-68)64-71-66(69)61-59-57-55-53-51-49-47-45-43-22-20-18-16-14-12-10-8-6-4-2/h5,7,11-14,17-20,23-24,26-27,29-30,32-33,35-36,65,68H,3-4,6,8-10,15-16,21-22,25,28,31,34,37-64H2,1-2H3/b7-5-,13-11-,14-12-,19-17-,20-18-,24-23-,27-26-,30-29-,33-32-,36-35-. The molecule has 0 fully saturated rings. The van der Waals surface area contributed by atoms with Gasteiger partial charge in [-0.2, -0.15) is 0 Å². The Balaban J connectivity index is 3.52. The van der Waals surface area contributed by atoms with Crippen LogP contribution in [0.2, 0.25) is 0 Å². The van der Waals surface area contributed by atoms with Crippen LogP contribution < -0.4 is 0 Å². The van der Waals surface area contributed by atoms with Crippen molar-refractivity contribution in [1.82, 2.24) is 0 Å². The fourth-order valence-corrected chi connectivity index (χ4v) is 8.25. The zero-order chi connectivity index (χ0) is 52.0. The zero-order valence-electron chi connectivity index (χ0n) is 46.9. The van der Waals surface area contributed by atoms with Gasteiger partial charge in [-0.25, -0.2) is 0 Å². The molecule has 0 aliphatic carbocycles. The predicted molar refractivity (Wildman–Crippen MR) is 315 cm³/mol.